The van der Waals surface area contributed by atoms with Crippen LogP contribution in [0.25, 0.3) is 17.2 Å². The first-order valence-electron chi connectivity index (χ1n) is 13.2. The van der Waals surface area contributed by atoms with Crippen molar-refractivity contribution in [2.45, 2.75) is 56.1 Å². The van der Waals surface area contributed by atoms with Crippen LogP contribution >= 0.6 is 11.8 Å². The van der Waals surface area contributed by atoms with E-state index in [1.807, 2.05) is 55.6 Å². The number of hydrogen-bond acceptors (Lipinski definition) is 7. The second kappa shape index (κ2) is 10.6. The number of nitrogens with zero attached hydrogens (tertiary/aromatic N) is 2. The first-order chi connectivity index (χ1) is 18.2. The molecule has 3 heterocycles. The van der Waals surface area contributed by atoms with Crippen LogP contribution in [-0.4, -0.2) is 68.2 Å². The van der Waals surface area contributed by atoms with Gasteiger partial charge >= 0.3 is 12.1 Å². The van der Waals surface area contributed by atoms with Crippen LogP contribution in [0.15, 0.2) is 41.3 Å². The number of anilines is 1. The van der Waals surface area contributed by atoms with Gasteiger partial charge in [-0.1, -0.05) is 6.07 Å². The highest BCUT2D eigenvalue weighted by atomic mass is 32.2. The van der Waals surface area contributed by atoms with E-state index in [9.17, 15) is 9.59 Å². The smallest absolute Gasteiger partial charge is 0.410 e. The topological polar surface area (TPSA) is 68.3 Å². The van der Waals surface area contributed by atoms with Crippen LogP contribution in [0.4, 0.5) is 10.5 Å². The molecule has 5 rings (SSSR count). The summed E-state index contributed by atoms with van der Waals surface area (Å²) in [5.41, 5.74) is 5.10. The summed E-state index contributed by atoms with van der Waals surface area (Å²) >= 11 is 1.91. The third-order valence-electron chi connectivity index (χ3n) is 7.39. The van der Waals surface area contributed by atoms with Crippen LogP contribution in [0, 0.1) is 0 Å². The number of hydrogen-bond donors (Lipinski definition) is 0. The number of benzene rings is 2. The largest absolute Gasteiger partial charge is 0.497 e. The number of fused-ring (bicyclic) bond motifs is 3. The summed E-state index contributed by atoms with van der Waals surface area (Å²) in [7, 11) is 3.01. The summed E-state index contributed by atoms with van der Waals surface area (Å²) in [6.07, 6.45) is 5.03. The monoisotopic (exact) mass is 536 g/mol. The molecule has 0 unspecified atom stereocenters. The Hall–Kier alpha value is -3.13. The van der Waals surface area contributed by atoms with E-state index in [0.29, 0.717) is 19.1 Å². The lowest BCUT2D eigenvalue weighted by Gasteiger charge is -2.39. The summed E-state index contributed by atoms with van der Waals surface area (Å²) in [6, 6.07) is 10.9. The fourth-order valence-corrected chi connectivity index (χ4v) is 6.83. The summed E-state index contributed by atoms with van der Waals surface area (Å²) in [6.45, 7) is 8.12. The van der Waals surface area contributed by atoms with Gasteiger partial charge in [0, 0.05) is 42.6 Å². The number of piperidine rings is 1. The maximum Gasteiger partial charge on any atom is 0.410 e. The maximum absolute atomic E-state index is 13.0. The SMILES string of the molecule is COC(=O)/C=C/c1cc(OC)ccc1-c1cc2c3c(c1)[C@@H]1CN(C(=O)OC(C)(C)C)CC[C@@H]1N3CCCS2. The van der Waals surface area contributed by atoms with E-state index < -0.39 is 11.6 Å². The van der Waals surface area contributed by atoms with E-state index in [4.69, 9.17) is 14.2 Å². The molecule has 38 heavy (non-hydrogen) atoms. The third kappa shape index (κ3) is 5.23. The highest BCUT2D eigenvalue weighted by molar-refractivity contribution is 7.99. The first-order valence-corrected chi connectivity index (χ1v) is 14.2. The molecule has 3 aliphatic rings. The van der Waals surface area contributed by atoms with Gasteiger partial charge in [-0.15, -0.1) is 11.8 Å². The zero-order valence-corrected chi connectivity index (χ0v) is 23.6. The average molecular weight is 537 g/mol. The van der Waals surface area contributed by atoms with E-state index in [1.54, 1.807) is 13.2 Å². The molecule has 0 aromatic heterocycles. The molecule has 0 radical (unpaired) electrons. The number of carbonyl (C=O) groups excluding carboxylic acids is 2. The van der Waals surface area contributed by atoms with E-state index in [0.717, 1.165) is 47.6 Å². The summed E-state index contributed by atoms with van der Waals surface area (Å²) < 4.78 is 16.0. The van der Waals surface area contributed by atoms with Crippen molar-refractivity contribution in [1.82, 2.24) is 4.90 Å². The van der Waals surface area contributed by atoms with E-state index in [2.05, 4.69) is 17.0 Å². The molecule has 7 nitrogen and oxygen atoms in total. The minimum absolute atomic E-state index is 0.218. The molecule has 2 atom stereocenters. The molecule has 0 N–H and O–H groups in total. The number of rotatable bonds is 4. The normalized spacial score (nSPS) is 20.6. The van der Waals surface area contributed by atoms with Gasteiger partial charge in [-0.3, -0.25) is 0 Å². The third-order valence-corrected chi connectivity index (χ3v) is 8.51. The van der Waals surface area contributed by atoms with Crippen LogP contribution in [0.3, 0.4) is 0 Å². The predicted molar refractivity (Wildman–Crippen MR) is 151 cm³/mol. The minimum Gasteiger partial charge on any atom is -0.497 e. The van der Waals surface area contributed by atoms with Crippen LogP contribution in [0.5, 0.6) is 5.75 Å². The lowest BCUT2D eigenvalue weighted by molar-refractivity contribution is -0.134. The molecule has 1 saturated heterocycles. The van der Waals surface area contributed by atoms with Crippen LogP contribution < -0.4 is 9.64 Å². The maximum atomic E-state index is 13.0. The molecule has 202 valence electrons. The molecule has 0 saturated carbocycles. The van der Waals surface area contributed by atoms with Gasteiger partial charge in [-0.2, -0.15) is 0 Å². The Kier molecular flexibility index (Phi) is 7.36. The molecule has 2 aromatic rings. The van der Waals surface area contributed by atoms with Gasteiger partial charge in [0.05, 0.1) is 19.9 Å². The van der Waals surface area contributed by atoms with Crippen molar-refractivity contribution < 1.29 is 23.8 Å². The molecule has 0 bridgehead atoms. The number of amides is 1. The van der Waals surface area contributed by atoms with Crippen molar-refractivity contribution in [3.05, 3.63) is 47.5 Å². The van der Waals surface area contributed by atoms with Crippen molar-refractivity contribution in [3.8, 4) is 16.9 Å². The zero-order chi connectivity index (χ0) is 27.0. The van der Waals surface area contributed by atoms with E-state index in [1.165, 1.54) is 29.3 Å². The highest BCUT2D eigenvalue weighted by Gasteiger charge is 2.45. The van der Waals surface area contributed by atoms with Gasteiger partial charge < -0.3 is 24.0 Å². The quantitative estimate of drug-likeness (QED) is 0.353. The van der Waals surface area contributed by atoms with Gasteiger partial charge in [0.25, 0.3) is 0 Å². The molecule has 3 aliphatic heterocycles. The Bertz CT molecular complexity index is 1270. The highest BCUT2D eigenvalue weighted by Crippen LogP contribution is 2.52. The van der Waals surface area contributed by atoms with Crippen LogP contribution in [-0.2, 0) is 14.3 Å². The Morgan fingerprint density at radius 3 is 2.66 bits per heavy atom. The number of likely N-dealkylation sites (tertiary alicyclic amines) is 1. The minimum atomic E-state index is -0.520. The average Bonchev–Trinajstić information content (AvgIpc) is 3.04. The molecule has 2 aromatic carbocycles. The molecular weight excluding hydrogens is 500 g/mol. The van der Waals surface area contributed by atoms with E-state index >= 15 is 0 Å². The van der Waals surface area contributed by atoms with Gasteiger partial charge in [0.15, 0.2) is 0 Å². The fourth-order valence-electron chi connectivity index (χ4n) is 5.75. The molecule has 1 fully saturated rings. The van der Waals surface area contributed by atoms with Crippen molar-refractivity contribution in [2.24, 2.45) is 0 Å². The number of methoxy groups -OCH3 is 2. The summed E-state index contributed by atoms with van der Waals surface area (Å²) in [5, 5.41) is 0. The Morgan fingerprint density at radius 1 is 1.11 bits per heavy atom. The molecule has 8 heteroatoms. The standard InChI is InChI=1S/C30H36N2O5S/c1-30(2,3)37-29(34)31-13-11-25-24(18-31)23-16-20(17-26-28(23)32(25)12-6-14-38-26)22-9-8-21(35-4)15-19(22)7-10-27(33)36-5/h7-10,15-17,24-25H,6,11-14,18H2,1-5H3/b10-7+/t24-,25-/m0/s1. The van der Waals surface area contributed by atoms with Gasteiger partial charge in [-0.25, -0.2) is 9.59 Å². The number of ether oxygens (including phenoxy) is 3. The van der Waals surface area contributed by atoms with Crippen molar-refractivity contribution in [1.29, 1.82) is 0 Å². The number of carbonyl (C=O) groups is 2. The Morgan fingerprint density at radius 2 is 1.92 bits per heavy atom. The Balaban J connectivity index is 1.57. The summed E-state index contributed by atoms with van der Waals surface area (Å²) in [4.78, 5) is 30.6. The lowest BCUT2D eigenvalue weighted by Crippen LogP contribution is -2.49. The van der Waals surface area contributed by atoms with Crippen molar-refractivity contribution >= 4 is 35.6 Å². The number of thioether (sulfide) groups is 1. The lowest BCUT2D eigenvalue weighted by atomic mass is 9.87. The molecule has 0 spiro atoms. The van der Waals surface area contributed by atoms with Gasteiger partial charge in [0.1, 0.15) is 11.4 Å². The molecule has 1 amide bonds. The fraction of sp³-hybridized carbons (Fsp3) is 0.467. The number of esters is 1. The van der Waals surface area contributed by atoms with Crippen molar-refractivity contribution in [3.63, 3.8) is 0 Å². The van der Waals surface area contributed by atoms with Gasteiger partial charge in [-0.05, 0) is 92.0 Å². The molecule has 0 aliphatic carbocycles. The van der Waals surface area contributed by atoms with E-state index in [-0.39, 0.29) is 12.0 Å². The predicted octanol–water partition coefficient (Wildman–Crippen LogP) is 5.96. The van der Waals surface area contributed by atoms with Crippen LogP contribution in [0.2, 0.25) is 0 Å². The Labute approximate surface area is 229 Å². The molecular formula is C30H36N2O5S. The van der Waals surface area contributed by atoms with Gasteiger partial charge in [0.2, 0.25) is 0 Å². The van der Waals surface area contributed by atoms with Crippen LogP contribution in [0.1, 0.15) is 50.7 Å². The zero-order valence-electron chi connectivity index (χ0n) is 22.8. The second-order valence-corrected chi connectivity index (χ2v) is 12.1. The summed E-state index contributed by atoms with van der Waals surface area (Å²) in [5.74, 6) is 1.61. The van der Waals surface area contributed by atoms with Crippen molar-refractivity contribution in [2.75, 3.05) is 44.5 Å². The first kappa shape index (κ1) is 26.5. The second-order valence-electron chi connectivity index (χ2n) is 11.0.